The second-order valence-corrected chi connectivity index (χ2v) is 3.21. The van der Waals surface area contributed by atoms with Gasteiger partial charge in [0, 0.05) is 0 Å². The van der Waals surface area contributed by atoms with E-state index in [1.807, 2.05) is 0 Å². The highest BCUT2D eigenvalue weighted by atomic mass is 16.7. The molecule has 0 N–H and O–H groups in total. The first-order valence-corrected chi connectivity index (χ1v) is 4.21. The number of nitro groups is 2. The van der Waals surface area contributed by atoms with E-state index in [1.54, 1.807) is 30.3 Å². The number of rotatable bonds is 3. The molecule has 7 nitrogen and oxygen atoms in total. The van der Waals surface area contributed by atoms with Crippen molar-refractivity contribution in [2.75, 3.05) is 11.4 Å². The molecule has 0 saturated carbocycles. The van der Waals surface area contributed by atoms with Crippen LogP contribution in [0.15, 0.2) is 30.3 Å². The third kappa shape index (κ3) is 1.20. The lowest BCUT2D eigenvalue weighted by Gasteiger charge is -2.03. The van der Waals surface area contributed by atoms with Crippen molar-refractivity contribution in [2.45, 2.75) is 5.79 Å². The molecule has 1 aliphatic heterocycles. The van der Waals surface area contributed by atoms with Crippen molar-refractivity contribution in [3.05, 3.63) is 50.6 Å². The minimum absolute atomic E-state index is 0.184. The van der Waals surface area contributed by atoms with E-state index in [4.69, 9.17) is 0 Å². The lowest BCUT2D eigenvalue weighted by molar-refractivity contribution is -0.760. The van der Waals surface area contributed by atoms with Crippen LogP contribution < -0.4 is 4.90 Å². The summed E-state index contributed by atoms with van der Waals surface area (Å²) in [5, 5.41) is 21.3. The van der Waals surface area contributed by atoms with Gasteiger partial charge in [0.05, 0.1) is 5.69 Å². The molecule has 2 rings (SSSR count). The number of nitrogens with zero attached hydrogens (tertiary/aromatic N) is 3. The lowest BCUT2D eigenvalue weighted by Crippen LogP contribution is -2.37. The summed E-state index contributed by atoms with van der Waals surface area (Å²) in [6.45, 7) is -0.184. The molecule has 1 fully saturated rings. The standard InChI is InChI=1S/C8H7N3O4/c12-10(13)8(11(14)15)6-9(8)7-4-2-1-3-5-7/h1-5H,6H2. The Morgan fingerprint density at radius 3 is 2.07 bits per heavy atom. The van der Waals surface area contributed by atoms with Gasteiger partial charge in [-0.05, 0) is 12.1 Å². The zero-order valence-corrected chi connectivity index (χ0v) is 7.57. The van der Waals surface area contributed by atoms with Gasteiger partial charge in [-0.3, -0.25) is 20.2 Å². The van der Waals surface area contributed by atoms with Crippen molar-refractivity contribution in [1.29, 1.82) is 0 Å². The Morgan fingerprint density at radius 1 is 1.13 bits per heavy atom. The van der Waals surface area contributed by atoms with Crippen LogP contribution in [-0.2, 0) is 0 Å². The summed E-state index contributed by atoms with van der Waals surface area (Å²) in [5.41, 5.74) is 0.492. The molecule has 0 amide bonds. The highest BCUT2D eigenvalue weighted by Crippen LogP contribution is 2.38. The average Bonchev–Trinajstić information content (AvgIpc) is 2.95. The maximum absolute atomic E-state index is 10.6. The first-order valence-electron chi connectivity index (χ1n) is 4.21. The van der Waals surface area contributed by atoms with Crippen LogP contribution >= 0.6 is 0 Å². The van der Waals surface area contributed by atoms with E-state index in [9.17, 15) is 20.2 Å². The van der Waals surface area contributed by atoms with Crippen LogP contribution in [-0.4, -0.2) is 22.2 Å². The van der Waals surface area contributed by atoms with E-state index < -0.39 is 15.6 Å². The zero-order chi connectivity index (χ0) is 11.1. The molecule has 0 unspecified atom stereocenters. The largest absolute Gasteiger partial charge is 0.562 e. The number of benzene rings is 1. The summed E-state index contributed by atoms with van der Waals surface area (Å²) in [6.07, 6.45) is 0. The van der Waals surface area contributed by atoms with Gasteiger partial charge < -0.3 is 0 Å². The third-order valence-corrected chi connectivity index (χ3v) is 2.35. The van der Waals surface area contributed by atoms with E-state index in [1.165, 1.54) is 0 Å². The van der Waals surface area contributed by atoms with Crippen LogP contribution in [0.2, 0.25) is 0 Å². The molecule has 0 bridgehead atoms. The van der Waals surface area contributed by atoms with E-state index >= 15 is 0 Å². The van der Waals surface area contributed by atoms with Gasteiger partial charge in [-0.15, -0.1) is 0 Å². The molecule has 7 heteroatoms. The van der Waals surface area contributed by atoms with Gasteiger partial charge in [0.2, 0.25) is 0 Å². The van der Waals surface area contributed by atoms with Gasteiger partial charge in [-0.2, -0.15) is 0 Å². The average molecular weight is 209 g/mol. The van der Waals surface area contributed by atoms with E-state index in [0.717, 1.165) is 4.90 Å². The fraction of sp³-hybridized carbons (Fsp3) is 0.250. The summed E-state index contributed by atoms with van der Waals surface area (Å²) in [7, 11) is 0. The van der Waals surface area contributed by atoms with Crippen molar-refractivity contribution in [3.8, 4) is 0 Å². The van der Waals surface area contributed by atoms with Crippen molar-refractivity contribution in [1.82, 2.24) is 0 Å². The van der Waals surface area contributed by atoms with Crippen LogP contribution in [0.1, 0.15) is 0 Å². The fourth-order valence-corrected chi connectivity index (χ4v) is 1.46. The molecule has 1 aliphatic rings. The first kappa shape index (κ1) is 9.38. The maximum Gasteiger partial charge on any atom is 0.562 e. The van der Waals surface area contributed by atoms with Crippen LogP contribution in [0.3, 0.4) is 0 Å². The SMILES string of the molecule is O=[N+]([O-])C1([N+](=O)[O-])CN1c1ccccc1. The van der Waals surface area contributed by atoms with Gasteiger partial charge in [0.1, 0.15) is 9.85 Å². The quantitative estimate of drug-likeness (QED) is 0.316. The Kier molecular flexibility index (Phi) is 1.82. The van der Waals surface area contributed by atoms with Crippen molar-refractivity contribution >= 4 is 5.69 Å². The third-order valence-electron chi connectivity index (χ3n) is 2.35. The van der Waals surface area contributed by atoms with Crippen LogP contribution in [0, 0.1) is 20.2 Å². The Morgan fingerprint density at radius 2 is 1.67 bits per heavy atom. The van der Waals surface area contributed by atoms with Crippen LogP contribution in [0.25, 0.3) is 0 Å². The predicted octanol–water partition coefficient (Wildman–Crippen LogP) is 0.714. The Bertz CT molecular complexity index is 405. The molecule has 0 aliphatic carbocycles. The second-order valence-electron chi connectivity index (χ2n) is 3.21. The minimum atomic E-state index is -2.15. The molecule has 78 valence electrons. The van der Waals surface area contributed by atoms with Crippen molar-refractivity contribution in [3.63, 3.8) is 0 Å². The molecule has 1 heterocycles. The van der Waals surface area contributed by atoms with Crippen LogP contribution in [0.5, 0.6) is 0 Å². The van der Waals surface area contributed by atoms with E-state index in [0.29, 0.717) is 5.69 Å². The summed E-state index contributed by atoms with van der Waals surface area (Å²) in [4.78, 5) is 20.7. The molecule has 0 aromatic heterocycles. The monoisotopic (exact) mass is 209 g/mol. The molecular formula is C8H7N3O4. The van der Waals surface area contributed by atoms with Gasteiger partial charge in [-0.1, -0.05) is 18.2 Å². The summed E-state index contributed by atoms with van der Waals surface area (Å²) < 4.78 is 0. The molecular weight excluding hydrogens is 202 g/mol. The zero-order valence-electron chi connectivity index (χ0n) is 7.57. The fourth-order valence-electron chi connectivity index (χ4n) is 1.46. The summed E-state index contributed by atoms with van der Waals surface area (Å²) in [5.74, 6) is -2.15. The van der Waals surface area contributed by atoms with Gasteiger partial charge in [-0.25, -0.2) is 4.90 Å². The van der Waals surface area contributed by atoms with Crippen LogP contribution in [0.4, 0.5) is 5.69 Å². The topological polar surface area (TPSA) is 89.3 Å². The lowest BCUT2D eigenvalue weighted by atomic mass is 10.3. The molecule has 0 spiro atoms. The molecule has 1 saturated heterocycles. The summed E-state index contributed by atoms with van der Waals surface area (Å²) >= 11 is 0. The molecule has 0 atom stereocenters. The maximum atomic E-state index is 10.6. The number of para-hydroxylation sites is 1. The highest BCUT2D eigenvalue weighted by Gasteiger charge is 2.78. The normalized spacial score (nSPS) is 17.2. The molecule has 0 radical (unpaired) electrons. The van der Waals surface area contributed by atoms with Crippen molar-refractivity contribution < 1.29 is 9.85 Å². The van der Waals surface area contributed by atoms with Gasteiger partial charge in [0.15, 0.2) is 6.54 Å². The molecule has 1 aromatic rings. The number of anilines is 1. The Balaban J connectivity index is 2.31. The van der Waals surface area contributed by atoms with E-state index in [-0.39, 0.29) is 6.54 Å². The Hall–Kier alpha value is -2.18. The second kappa shape index (κ2) is 2.91. The molecule has 1 aromatic carbocycles. The minimum Gasteiger partial charge on any atom is -0.257 e. The van der Waals surface area contributed by atoms with Gasteiger partial charge in [0.25, 0.3) is 0 Å². The predicted molar refractivity (Wildman–Crippen MR) is 50.5 cm³/mol. The molecule has 15 heavy (non-hydrogen) atoms. The number of hydrogen-bond donors (Lipinski definition) is 0. The Labute approximate surface area is 84.2 Å². The first-order chi connectivity index (χ1) is 7.09. The van der Waals surface area contributed by atoms with Gasteiger partial charge >= 0.3 is 5.79 Å². The number of hydrogen-bond acceptors (Lipinski definition) is 5. The van der Waals surface area contributed by atoms with E-state index in [2.05, 4.69) is 0 Å². The summed E-state index contributed by atoms with van der Waals surface area (Å²) in [6, 6.07) is 8.31. The highest BCUT2D eigenvalue weighted by molar-refractivity contribution is 5.53. The van der Waals surface area contributed by atoms with Crippen molar-refractivity contribution in [2.24, 2.45) is 0 Å². The smallest absolute Gasteiger partial charge is 0.257 e.